The van der Waals surface area contributed by atoms with Crippen LogP contribution in [0.15, 0.2) is 41.0 Å². The first-order chi connectivity index (χ1) is 9.49. The van der Waals surface area contributed by atoms with Crippen molar-refractivity contribution in [3.05, 3.63) is 56.7 Å². The second kappa shape index (κ2) is 5.98. The van der Waals surface area contributed by atoms with Crippen LogP contribution in [0.4, 0.5) is 5.69 Å². The molecule has 0 amide bonds. The van der Waals surface area contributed by atoms with Crippen LogP contribution in [0.1, 0.15) is 18.5 Å². The molecule has 0 aliphatic carbocycles. The molecule has 0 radical (unpaired) electrons. The fourth-order valence-electron chi connectivity index (χ4n) is 1.66. The van der Waals surface area contributed by atoms with E-state index in [2.05, 4.69) is 20.9 Å². The Balaban J connectivity index is 2.43. The first-order valence-electron chi connectivity index (χ1n) is 5.81. The number of nitrogens with zero attached hydrogens (tertiary/aromatic N) is 2. The van der Waals surface area contributed by atoms with Crippen LogP contribution in [0.25, 0.3) is 0 Å². The quantitative estimate of drug-likeness (QED) is 0.680. The summed E-state index contributed by atoms with van der Waals surface area (Å²) in [6.07, 6.45) is 1.55. The number of rotatable bonds is 4. The zero-order chi connectivity index (χ0) is 14.7. The molecule has 0 aliphatic rings. The molecule has 20 heavy (non-hydrogen) atoms. The van der Waals surface area contributed by atoms with Crippen molar-refractivity contribution in [2.75, 3.05) is 0 Å². The fourth-order valence-corrected chi connectivity index (χ4v) is 2.01. The van der Waals surface area contributed by atoms with Crippen LogP contribution in [-0.2, 0) is 0 Å². The summed E-state index contributed by atoms with van der Waals surface area (Å²) in [6, 6.07) is 7.79. The van der Waals surface area contributed by atoms with Gasteiger partial charge in [-0.1, -0.05) is 22.0 Å². The number of pyridine rings is 1. The van der Waals surface area contributed by atoms with Crippen molar-refractivity contribution >= 4 is 21.6 Å². The van der Waals surface area contributed by atoms with Gasteiger partial charge < -0.3 is 10.5 Å². The molecule has 7 heteroatoms. The SMILES string of the molecule is C[C@H](N)c1cccnc1Oc1ccc(Br)cc1[N+](=O)[O-]. The van der Waals surface area contributed by atoms with Gasteiger partial charge >= 0.3 is 5.69 Å². The highest BCUT2D eigenvalue weighted by molar-refractivity contribution is 9.10. The average molecular weight is 338 g/mol. The normalized spacial score (nSPS) is 11.9. The van der Waals surface area contributed by atoms with Crippen LogP contribution in [-0.4, -0.2) is 9.91 Å². The van der Waals surface area contributed by atoms with Crippen molar-refractivity contribution in [2.45, 2.75) is 13.0 Å². The highest BCUT2D eigenvalue weighted by Gasteiger charge is 2.18. The molecule has 6 nitrogen and oxygen atoms in total. The van der Waals surface area contributed by atoms with Crippen LogP contribution < -0.4 is 10.5 Å². The third-order valence-electron chi connectivity index (χ3n) is 2.62. The number of ether oxygens (including phenoxy) is 1. The largest absolute Gasteiger partial charge is 0.431 e. The minimum absolute atomic E-state index is 0.124. The molecule has 0 fully saturated rings. The first-order valence-corrected chi connectivity index (χ1v) is 6.60. The van der Waals surface area contributed by atoms with E-state index in [4.69, 9.17) is 10.5 Å². The number of aromatic nitrogens is 1. The molecule has 0 bridgehead atoms. The second-order valence-electron chi connectivity index (χ2n) is 4.16. The molecule has 0 spiro atoms. The van der Waals surface area contributed by atoms with Crippen molar-refractivity contribution in [3.8, 4) is 11.6 Å². The molecule has 2 aromatic rings. The zero-order valence-electron chi connectivity index (χ0n) is 10.6. The van der Waals surface area contributed by atoms with Gasteiger partial charge in [0.05, 0.1) is 4.92 Å². The summed E-state index contributed by atoms with van der Waals surface area (Å²) < 4.78 is 6.17. The number of halogens is 1. The lowest BCUT2D eigenvalue weighted by atomic mass is 10.1. The van der Waals surface area contributed by atoms with Gasteiger partial charge in [-0.25, -0.2) is 4.98 Å². The number of nitrogens with two attached hydrogens (primary N) is 1. The summed E-state index contributed by atoms with van der Waals surface area (Å²) in [6.45, 7) is 1.79. The van der Waals surface area contributed by atoms with Gasteiger partial charge in [-0.15, -0.1) is 0 Å². The van der Waals surface area contributed by atoms with Gasteiger partial charge in [0.15, 0.2) is 0 Å². The molecule has 0 unspecified atom stereocenters. The molecule has 1 aromatic heterocycles. The van der Waals surface area contributed by atoms with Crippen LogP contribution in [0.3, 0.4) is 0 Å². The number of nitro benzene ring substituents is 1. The van der Waals surface area contributed by atoms with E-state index in [0.717, 1.165) is 0 Å². The Kier molecular flexibility index (Phi) is 4.31. The highest BCUT2D eigenvalue weighted by atomic mass is 79.9. The molecule has 104 valence electrons. The Morgan fingerprint density at radius 1 is 1.45 bits per heavy atom. The van der Waals surface area contributed by atoms with E-state index in [1.807, 2.05) is 0 Å². The van der Waals surface area contributed by atoms with E-state index in [-0.39, 0.29) is 23.4 Å². The van der Waals surface area contributed by atoms with Crippen molar-refractivity contribution < 1.29 is 9.66 Å². The average Bonchev–Trinajstić information content (AvgIpc) is 2.41. The molecule has 1 heterocycles. The summed E-state index contributed by atoms with van der Waals surface area (Å²) in [5, 5.41) is 11.0. The molecule has 1 aromatic carbocycles. The Bertz CT molecular complexity index is 647. The Hall–Kier alpha value is -1.99. The third kappa shape index (κ3) is 3.12. The lowest BCUT2D eigenvalue weighted by molar-refractivity contribution is -0.385. The van der Waals surface area contributed by atoms with Crippen LogP contribution in [0, 0.1) is 10.1 Å². The van der Waals surface area contributed by atoms with E-state index >= 15 is 0 Å². The number of benzene rings is 1. The molecular formula is C13H12BrN3O3. The standard InChI is InChI=1S/C13H12BrN3O3/c1-8(15)10-3-2-6-16-13(10)20-12-5-4-9(14)7-11(12)17(18)19/h2-8H,15H2,1H3/t8-/m0/s1. The zero-order valence-corrected chi connectivity index (χ0v) is 12.2. The van der Waals surface area contributed by atoms with Crippen molar-refractivity contribution in [1.29, 1.82) is 0 Å². The minimum atomic E-state index is -0.505. The van der Waals surface area contributed by atoms with Crippen LogP contribution in [0.5, 0.6) is 11.6 Å². The maximum atomic E-state index is 11.0. The number of hydrogen-bond acceptors (Lipinski definition) is 5. The predicted molar refractivity (Wildman–Crippen MR) is 77.7 cm³/mol. The van der Waals surface area contributed by atoms with E-state index < -0.39 is 4.92 Å². The predicted octanol–water partition coefficient (Wildman–Crippen LogP) is 3.56. The monoisotopic (exact) mass is 337 g/mol. The summed E-state index contributed by atoms with van der Waals surface area (Å²) in [5.41, 5.74) is 6.38. The molecular weight excluding hydrogens is 326 g/mol. The molecule has 2 N–H and O–H groups in total. The van der Waals surface area contributed by atoms with E-state index in [1.54, 1.807) is 31.3 Å². The van der Waals surface area contributed by atoms with Crippen molar-refractivity contribution in [1.82, 2.24) is 4.98 Å². The van der Waals surface area contributed by atoms with Gasteiger partial charge in [0.25, 0.3) is 0 Å². The minimum Gasteiger partial charge on any atom is -0.431 e. The maximum absolute atomic E-state index is 11.0. The molecule has 1 atom stereocenters. The van der Waals surface area contributed by atoms with E-state index in [9.17, 15) is 10.1 Å². The molecule has 0 aliphatic heterocycles. The van der Waals surface area contributed by atoms with E-state index in [0.29, 0.717) is 10.0 Å². The lowest BCUT2D eigenvalue weighted by Gasteiger charge is -2.12. The Morgan fingerprint density at radius 3 is 2.85 bits per heavy atom. The second-order valence-corrected chi connectivity index (χ2v) is 5.07. The van der Waals surface area contributed by atoms with Gasteiger partial charge in [-0.3, -0.25) is 10.1 Å². The lowest BCUT2D eigenvalue weighted by Crippen LogP contribution is -2.07. The van der Waals surface area contributed by atoms with Gasteiger partial charge in [-0.2, -0.15) is 0 Å². The molecule has 0 saturated heterocycles. The van der Waals surface area contributed by atoms with Gasteiger partial charge in [-0.05, 0) is 25.1 Å². The third-order valence-corrected chi connectivity index (χ3v) is 3.11. The maximum Gasteiger partial charge on any atom is 0.312 e. The van der Waals surface area contributed by atoms with Gasteiger partial charge in [0.2, 0.25) is 11.6 Å². The summed E-state index contributed by atoms with van der Waals surface area (Å²) in [7, 11) is 0. The summed E-state index contributed by atoms with van der Waals surface area (Å²) >= 11 is 3.19. The van der Waals surface area contributed by atoms with Gasteiger partial charge in [0.1, 0.15) is 0 Å². The Labute approximate surface area is 123 Å². The summed E-state index contributed by atoms with van der Waals surface area (Å²) in [5.74, 6) is 0.395. The topological polar surface area (TPSA) is 91.3 Å². The Morgan fingerprint density at radius 2 is 2.20 bits per heavy atom. The first kappa shape index (κ1) is 14.4. The van der Waals surface area contributed by atoms with Crippen molar-refractivity contribution in [2.24, 2.45) is 5.73 Å². The van der Waals surface area contributed by atoms with Gasteiger partial charge in [0, 0.05) is 28.3 Å². The highest BCUT2D eigenvalue weighted by Crippen LogP contribution is 2.34. The summed E-state index contributed by atoms with van der Waals surface area (Å²) in [4.78, 5) is 14.6. The number of hydrogen-bond donors (Lipinski definition) is 1. The molecule has 2 rings (SSSR count). The number of nitro groups is 1. The van der Waals surface area contributed by atoms with Crippen molar-refractivity contribution in [3.63, 3.8) is 0 Å². The van der Waals surface area contributed by atoms with E-state index in [1.165, 1.54) is 12.1 Å². The fraction of sp³-hybridized carbons (Fsp3) is 0.154. The molecule has 0 saturated carbocycles. The van der Waals surface area contributed by atoms with Crippen LogP contribution in [0.2, 0.25) is 0 Å². The van der Waals surface area contributed by atoms with Crippen LogP contribution >= 0.6 is 15.9 Å². The smallest absolute Gasteiger partial charge is 0.312 e.